The van der Waals surface area contributed by atoms with Crippen molar-refractivity contribution in [3.05, 3.63) is 133 Å². The molecule has 2 N–H and O–H groups in total. The van der Waals surface area contributed by atoms with Crippen molar-refractivity contribution < 1.29 is 29.3 Å². The highest BCUT2D eigenvalue weighted by molar-refractivity contribution is 8.00. The summed E-state index contributed by atoms with van der Waals surface area (Å²) in [4.78, 5) is 6.73. The van der Waals surface area contributed by atoms with Crippen LogP contribution >= 0.6 is 11.8 Å². The quantitative estimate of drug-likeness (QED) is 0.0587. The Morgan fingerprint density at radius 2 is 1.50 bits per heavy atom. The number of thioether (sulfide) groups is 1. The molecule has 2 aliphatic carbocycles. The number of fused-ring (bicyclic) bond motifs is 4. The maximum absolute atomic E-state index is 9.93. The second-order valence-electron chi connectivity index (χ2n) is 15.2. The Bertz CT molecular complexity index is 2230. The first-order valence-corrected chi connectivity index (χ1v) is 20.9. The number of hydrogen-bond acceptors (Lipinski definition) is 8. The van der Waals surface area contributed by atoms with Crippen molar-refractivity contribution in [3.63, 3.8) is 0 Å². The van der Waals surface area contributed by atoms with E-state index >= 15 is 0 Å². The van der Waals surface area contributed by atoms with Gasteiger partial charge in [-0.05, 0) is 107 Å². The normalized spacial score (nSPS) is 24.6. The van der Waals surface area contributed by atoms with Gasteiger partial charge in [0.25, 0.3) is 0 Å². The number of benzene rings is 5. The number of aliphatic hydroxyl groups is 2. The van der Waals surface area contributed by atoms with E-state index in [4.69, 9.17) is 24.2 Å². The third-order valence-corrected chi connectivity index (χ3v) is 13.1. The summed E-state index contributed by atoms with van der Waals surface area (Å²) in [7, 11) is 1.62. The smallest absolute Gasteiger partial charge is 0.231 e. The van der Waals surface area contributed by atoms with Gasteiger partial charge in [0.2, 0.25) is 5.79 Å². The van der Waals surface area contributed by atoms with Crippen LogP contribution in [0.25, 0.3) is 21.5 Å². The van der Waals surface area contributed by atoms with Crippen molar-refractivity contribution in [2.75, 3.05) is 26.9 Å². The molecule has 5 aromatic rings. The average molecular weight is 770 g/mol. The molecule has 5 aromatic carbocycles. The number of nitrogens with zero attached hydrogens (tertiary/aromatic N) is 1. The van der Waals surface area contributed by atoms with E-state index in [0.29, 0.717) is 13.0 Å². The summed E-state index contributed by atoms with van der Waals surface area (Å²) in [5, 5.41) is 28.9. The van der Waals surface area contributed by atoms with E-state index in [1.54, 1.807) is 18.9 Å². The van der Waals surface area contributed by atoms with E-state index in [1.807, 2.05) is 30.3 Å². The van der Waals surface area contributed by atoms with E-state index in [2.05, 4.69) is 91.5 Å². The maximum atomic E-state index is 9.93. The van der Waals surface area contributed by atoms with Crippen molar-refractivity contribution in [1.82, 2.24) is 0 Å². The number of unbranched alkanes of at least 4 members (excludes halogenated alkanes) is 2. The molecule has 56 heavy (non-hydrogen) atoms. The van der Waals surface area contributed by atoms with E-state index in [0.717, 1.165) is 88.3 Å². The van der Waals surface area contributed by atoms with Gasteiger partial charge in [0, 0.05) is 36.0 Å². The van der Waals surface area contributed by atoms with Crippen LogP contribution in [0, 0.1) is 17.8 Å². The van der Waals surface area contributed by atoms with E-state index in [9.17, 15) is 10.2 Å². The molecule has 3 aliphatic rings. The number of allylic oxidation sites excluding steroid dienone is 1. The van der Waals surface area contributed by atoms with Gasteiger partial charge in [0.05, 0.1) is 23.5 Å². The van der Waals surface area contributed by atoms with Crippen molar-refractivity contribution in [2.24, 2.45) is 22.9 Å². The molecule has 1 aliphatic heterocycles. The number of rotatable bonds is 16. The third-order valence-electron chi connectivity index (χ3n) is 11.8. The summed E-state index contributed by atoms with van der Waals surface area (Å²) in [6.07, 6.45) is 9.93. The standard InChI is InChI=1S/C48H51NO6S/c1-3-26-53-48-45(56-39-22-19-33-13-5-7-15-35(33)28-39)31-43(49-52-2)41-29-36(16-8-10-24-50)40(17-9-11-25-51)46(47(41)48)42-30-38(21-23-44(42)55-48)54-37-20-18-32-12-4-6-14-34(32)27-37/h3-7,12-15,18-23,27-30,36,40,45-47,50-51H,1,8-11,16-17,24-26,31H2,2H3/t36-,40+,45-,46+,47+,48+/m0/s1. The maximum Gasteiger partial charge on any atom is 0.231 e. The van der Waals surface area contributed by atoms with Crippen molar-refractivity contribution >= 4 is 39.0 Å². The van der Waals surface area contributed by atoms with Crippen LogP contribution in [0.1, 0.15) is 56.4 Å². The van der Waals surface area contributed by atoms with Gasteiger partial charge >= 0.3 is 0 Å². The molecule has 0 spiro atoms. The number of oxime groups is 1. The van der Waals surface area contributed by atoms with Gasteiger partial charge in [-0.25, -0.2) is 0 Å². The lowest BCUT2D eigenvalue weighted by Gasteiger charge is -2.58. The Labute approximate surface area is 334 Å². The van der Waals surface area contributed by atoms with Crippen LogP contribution in [0.3, 0.4) is 0 Å². The number of ether oxygens (including phenoxy) is 3. The van der Waals surface area contributed by atoms with Crippen molar-refractivity contribution in [1.29, 1.82) is 0 Å². The summed E-state index contributed by atoms with van der Waals surface area (Å²) in [5.74, 6) is 1.40. The largest absolute Gasteiger partial charge is 0.460 e. The molecule has 8 heteroatoms. The molecule has 8 rings (SSSR count). The van der Waals surface area contributed by atoms with Crippen LogP contribution in [0.4, 0.5) is 0 Å². The molecule has 0 aromatic heterocycles. The zero-order valence-corrected chi connectivity index (χ0v) is 32.8. The van der Waals surface area contributed by atoms with Crippen LogP contribution in [-0.4, -0.2) is 53.9 Å². The molecule has 7 nitrogen and oxygen atoms in total. The minimum atomic E-state index is -1.06. The van der Waals surface area contributed by atoms with E-state index in [1.165, 1.54) is 10.8 Å². The second kappa shape index (κ2) is 17.3. The SMILES string of the molecule is C=CCO[C@@]12Oc3ccc(Oc4ccc5ccccc5c4)cc3[C@H]3[C@H](CCCCO)[C@@H](CCCCO)C=C(C(=NOC)C[C@@H]1Sc1ccc4ccccc4c1)[C@H]32. The summed E-state index contributed by atoms with van der Waals surface area (Å²) >= 11 is 1.77. The Morgan fingerprint density at radius 1 is 0.821 bits per heavy atom. The van der Waals surface area contributed by atoms with Gasteiger partial charge in [0.15, 0.2) is 0 Å². The first-order chi connectivity index (χ1) is 27.5. The van der Waals surface area contributed by atoms with Gasteiger partial charge in [0.1, 0.15) is 24.4 Å². The second-order valence-corrected chi connectivity index (χ2v) is 16.4. The minimum Gasteiger partial charge on any atom is -0.460 e. The monoisotopic (exact) mass is 769 g/mol. The average Bonchev–Trinajstić information content (AvgIpc) is 3.22. The topological polar surface area (TPSA) is 89.7 Å². The first kappa shape index (κ1) is 38.3. The van der Waals surface area contributed by atoms with Crippen LogP contribution in [0.5, 0.6) is 17.2 Å². The Balaban J connectivity index is 1.28. The van der Waals surface area contributed by atoms with Gasteiger partial charge in [-0.3, -0.25) is 0 Å². The highest BCUT2D eigenvalue weighted by Gasteiger charge is 2.64. The summed E-state index contributed by atoms with van der Waals surface area (Å²) in [5.41, 5.74) is 3.11. The minimum absolute atomic E-state index is 0.0244. The molecule has 1 saturated carbocycles. The van der Waals surface area contributed by atoms with Crippen LogP contribution in [0.2, 0.25) is 0 Å². The third kappa shape index (κ3) is 7.60. The highest BCUT2D eigenvalue weighted by Crippen LogP contribution is 2.63. The zero-order valence-electron chi connectivity index (χ0n) is 32.0. The fourth-order valence-electron chi connectivity index (χ4n) is 9.37. The Morgan fingerprint density at radius 3 is 2.23 bits per heavy atom. The molecular weight excluding hydrogens is 719 g/mol. The molecule has 6 atom stereocenters. The summed E-state index contributed by atoms with van der Waals surface area (Å²) in [6, 6.07) is 35.8. The molecule has 0 bridgehead atoms. The predicted octanol–water partition coefficient (Wildman–Crippen LogP) is 10.8. The first-order valence-electron chi connectivity index (χ1n) is 20.0. The molecule has 0 amide bonds. The van der Waals surface area contributed by atoms with Gasteiger partial charge in [-0.15, -0.1) is 18.3 Å². The number of hydrogen-bond donors (Lipinski definition) is 2. The number of aliphatic hydroxyl groups excluding tert-OH is 2. The van der Waals surface area contributed by atoms with Crippen molar-refractivity contribution in [3.8, 4) is 17.2 Å². The molecule has 1 heterocycles. The lowest BCUT2D eigenvalue weighted by molar-refractivity contribution is -0.223. The van der Waals surface area contributed by atoms with Crippen LogP contribution in [-0.2, 0) is 9.57 Å². The lowest BCUT2D eigenvalue weighted by Crippen LogP contribution is -2.64. The highest BCUT2D eigenvalue weighted by atomic mass is 32.2. The van der Waals surface area contributed by atoms with E-state index in [-0.39, 0.29) is 42.1 Å². The molecule has 1 fully saturated rings. The molecule has 0 saturated heterocycles. The van der Waals surface area contributed by atoms with Crippen molar-refractivity contribution in [2.45, 2.75) is 66.8 Å². The molecule has 0 radical (unpaired) electrons. The summed E-state index contributed by atoms with van der Waals surface area (Å²) in [6.45, 7) is 4.70. The van der Waals surface area contributed by atoms with Crippen LogP contribution in [0.15, 0.2) is 137 Å². The molecular formula is C48H51NO6S. The molecule has 0 unspecified atom stereocenters. The van der Waals surface area contributed by atoms with E-state index < -0.39 is 5.79 Å². The lowest BCUT2D eigenvalue weighted by atomic mass is 9.56. The fourth-order valence-corrected chi connectivity index (χ4v) is 10.7. The van der Waals surface area contributed by atoms with Gasteiger partial charge < -0.3 is 29.3 Å². The molecule has 290 valence electrons. The Hall–Kier alpha value is -4.60. The Kier molecular flexibility index (Phi) is 11.8. The fraction of sp³-hybridized carbons (Fsp3) is 0.354. The van der Waals surface area contributed by atoms with Gasteiger partial charge in [-0.2, -0.15) is 0 Å². The predicted molar refractivity (Wildman–Crippen MR) is 226 cm³/mol. The van der Waals surface area contributed by atoms with Gasteiger partial charge in [-0.1, -0.05) is 90.8 Å². The summed E-state index contributed by atoms with van der Waals surface area (Å²) < 4.78 is 21.1. The van der Waals surface area contributed by atoms with Crippen LogP contribution < -0.4 is 9.47 Å². The zero-order chi connectivity index (χ0) is 38.5.